The van der Waals surface area contributed by atoms with E-state index in [0.717, 1.165) is 12.0 Å². The molecular formula is C20H24N2O3. The molecule has 132 valence electrons. The molecule has 0 atom stereocenters. The molecule has 0 heterocycles. The Balaban J connectivity index is 1.92. The van der Waals surface area contributed by atoms with Gasteiger partial charge in [0.25, 0.3) is 11.8 Å². The highest BCUT2D eigenvalue weighted by atomic mass is 16.5. The van der Waals surface area contributed by atoms with Crippen molar-refractivity contribution in [1.29, 1.82) is 0 Å². The summed E-state index contributed by atoms with van der Waals surface area (Å²) in [6.07, 6.45) is 0.911. The van der Waals surface area contributed by atoms with Gasteiger partial charge in [0, 0.05) is 17.3 Å². The Hall–Kier alpha value is -2.82. The van der Waals surface area contributed by atoms with Crippen molar-refractivity contribution in [2.75, 3.05) is 11.9 Å². The topological polar surface area (TPSA) is 67.4 Å². The molecule has 0 saturated carbocycles. The molecular weight excluding hydrogens is 316 g/mol. The SMILES string of the molecule is CCc1cccc(OCC(=O)Nc2cccc(C(=O)NC(C)C)c2)c1. The number of hydrogen-bond donors (Lipinski definition) is 2. The predicted molar refractivity (Wildman–Crippen MR) is 99.0 cm³/mol. The number of ether oxygens (including phenoxy) is 1. The maximum absolute atomic E-state index is 12.1. The molecule has 0 bridgehead atoms. The van der Waals surface area contributed by atoms with Crippen molar-refractivity contribution in [1.82, 2.24) is 5.32 Å². The second-order valence-corrected chi connectivity index (χ2v) is 6.05. The highest BCUT2D eigenvalue weighted by molar-refractivity contribution is 5.97. The van der Waals surface area contributed by atoms with E-state index in [2.05, 4.69) is 17.6 Å². The summed E-state index contributed by atoms with van der Waals surface area (Å²) in [6.45, 7) is 5.77. The largest absolute Gasteiger partial charge is 0.484 e. The molecule has 25 heavy (non-hydrogen) atoms. The Morgan fingerprint density at radius 1 is 1.08 bits per heavy atom. The monoisotopic (exact) mass is 340 g/mol. The van der Waals surface area contributed by atoms with E-state index in [9.17, 15) is 9.59 Å². The van der Waals surface area contributed by atoms with Crippen LogP contribution in [0.25, 0.3) is 0 Å². The minimum Gasteiger partial charge on any atom is -0.484 e. The molecule has 0 radical (unpaired) electrons. The van der Waals surface area contributed by atoms with Crippen LogP contribution < -0.4 is 15.4 Å². The highest BCUT2D eigenvalue weighted by Gasteiger charge is 2.09. The van der Waals surface area contributed by atoms with E-state index in [1.807, 2.05) is 38.1 Å². The molecule has 2 aromatic rings. The van der Waals surface area contributed by atoms with Crippen LogP contribution in [0, 0.1) is 0 Å². The first-order valence-electron chi connectivity index (χ1n) is 8.40. The highest BCUT2D eigenvalue weighted by Crippen LogP contribution is 2.14. The number of anilines is 1. The number of hydrogen-bond acceptors (Lipinski definition) is 3. The van der Waals surface area contributed by atoms with Crippen molar-refractivity contribution in [3.05, 3.63) is 59.7 Å². The number of carbonyl (C=O) groups is 2. The van der Waals surface area contributed by atoms with Gasteiger partial charge in [-0.25, -0.2) is 0 Å². The molecule has 0 aliphatic carbocycles. The fourth-order valence-electron chi connectivity index (χ4n) is 2.28. The van der Waals surface area contributed by atoms with E-state index in [0.29, 0.717) is 17.0 Å². The summed E-state index contributed by atoms with van der Waals surface area (Å²) in [7, 11) is 0. The Morgan fingerprint density at radius 3 is 2.56 bits per heavy atom. The molecule has 2 rings (SSSR count). The first-order valence-corrected chi connectivity index (χ1v) is 8.40. The normalized spacial score (nSPS) is 10.4. The van der Waals surface area contributed by atoms with Crippen LogP contribution in [0.4, 0.5) is 5.69 Å². The molecule has 0 fully saturated rings. The summed E-state index contributed by atoms with van der Waals surface area (Å²) in [5, 5.41) is 5.57. The zero-order valence-corrected chi connectivity index (χ0v) is 14.8. The standard InChI is InChI=1S/C20H24N2O3/c1-4-15-7-5-10-18(11-15)25-13-19(23)22-17-9-6-8-16(12-17)20(24)21-14(2)3/h5-12,14H,4,13H2,1-3H3,(H,21,24)(H,22,23). The molecule has 0 saturated heterocycles. The van der Waals surface area contributed by atoms with E-state index >= 15 is 0 Å². The van der Waals surface area contributed by atoms with Crippen LogP contribution in [0.2, 0.25) is 0 Å². The zero-order chi connectivity index (χ0) is 18.2. The van der Waals surface area contributed by atoms with Gasteiger partial charge in [0.15, 0.2) is 6.61 Å². The van der Waals surface area contributed by atoms with E-state index < -0.39 is 0 Å². The molecule has 0 spiro atoms. The van der Waals surface area contributed by atoms with Gasteiger partial charge in [-0.1, -0.05) is 25.1 Å². The lowest BCUT2D eigenvalue weighted by molar-refractivity contribution is -0.118. The Bertz CT molecular complexity index is 741. The van der Waals surface area contributed by atoms with Gasteiger partial charge in [-0.2, -0.15) is 0 Å². The third kappa shape index (κ3) is 5.95. The van der Waals surface area contributed by atoms with Crippen LogP contribution in [0.15, 0.2) is 48.5 Å². The first kappa shape index (κ1) is 18.5. The minimum atomic E-state index is -0.275. The molecule has 2 amide bonds. The van der Waals surface area contributed by atoms with Gasteiger partial charge in [-0.05, 0) is 56.2 Å². The smallest absolute Gasteiger partial charge is 0.262 e. The van der Waals surface area contributed by atoms with Gasteiger partial charge in [-0.15, -0.1) is 0 Å². The van der Waals surface area contributed by atoms with Crippen LogP contribution in [-0.4, -0.2) is 24.5 Å². The van der Waals surface area contributed by atoms with Gasteiger partial charge in [-0.3, -0.25) is 9.59 Å². The maximum Gasteiger partial charge on any atom is 0.262 e. The van der Waals surface area contributed by atoms with E-state index in [-0.39, 0.29) is 24.5 Å². The van der Waals surface area contributed by atoms with Crippen LogP contribution in [0.5, 0.6) is 5.75 Å². The number of benzene rings is 2. The summed E-state index contributed by atoms with van der Waals surface area (Å²) < 4.78 is 5.52. The van der Waals surface area contributed by atoms with E-state index in [1.54, 1.807) is 24.3 Å². The predicted octanol–water partition coefficient (Wildman–Crippen LogP) is 3.40. The number of rotatable bonds is 7. The lowest BCUT2D eigenvalue weighted by atomic mass is 10.1. The van der Waals surface area contributed by atoms with Gasteiger partial charge >= 0.3 is 0 Å². The van der Waals surface area contributed by atoms with E-state index in [4.69, 9.17) is 4.74 Å². The van der Waals surface area contributed by atoms with Crippen LogP contribution >= 0.6 is 0 Å². The summed E-state index contributed by atoms with van der Waals surface area (Å²) in [5.74, 6) is 0.224. The van der Waals surface area contributed by atoms with Crippen molar-refractivity contribution >= 4 is 17.5 Å². The fraction of sp³-hybridized carbons (Fsp3) is 0.300. The second-order valence-electron chi connectivity index (χ2n) is 6.05. The van der Waals surface area contributed by atoms with Gasteiger partial charge in [0.2, 0.25) is 0 Å². The van der Waals surface area contributed by atoms with Crippen molar-refractivity contribution in [3.8, 4) is 5.75 Å². The maximum atomic E-state index is 12.1. The molecule has 0 unspecified atom stereocenters. The minimum absolute atomic E-state index is 0.0537. The average molecular weight is 340 g/mol. The molecule has 0 aliphatic heterocycles. The summed E-state index contributed by atoms with van der Waals surface area (Å²) in [6, 6.07) is 14.5. The summed E-state index contributed by atoms with van der Waals surface area (Å²) in [4.78, 5) is 24.1. The Kier molecular flexibility index (Phi) is 6.57. The number of aryl methyl sites for hydroxylation is 1. The first-order chi connectivity index (χ1) is 12.0. The average Bonchev–Trinajstić information content (AvgIpc) is 2.60. The zero-order valence-electron chi connectivity index (χ0n) is 14.8. The summed E-state index contributed by atoms with van der Waals surface area (Å²) in [5.41, 5.74) is 2.22. The number of carbonyl (C=O) groups excluding carboxylic acids is 2. The number of amides is 2. The number of nitrogens with one attached hydrogen (secondary N) is 2. The molecule has 2 N–H and O–H groups in total. The van der Waals surface area contributed by atoms with Gasteiger partial charge in [0.05, 0.1) is 0 Å². The molecule has 2 aromatic carbocycles. The third-order valence-corrected chi connectivity index (χ3v) is 3.50. The van der Waals surface area contributed by atoms with Crippen molar-refractivity contribution < 1.29 is 14.3 Å². The van der Waals surface area contributed by atoms with Crippen LogP contribution in [0.1, 0.15) is 36.7 Å². The molecule has 0 aromatic heterocycles. The fourth-order valence-corrected chi connectivity index (χ4v) is 2.28. The Morgan fingerprint density at radius 2 is 1.84 bits per heavy atom. The molecule has 5 nitrogen and oxygen atoms in total. The Labute approximate surface area is 148 Å². The lowest BCUT2D eigenvalue weighted by Crippen LogP contribution is -2.30. The molecule has 0 aliphatic rings. The van der Waals surface area contributed by atoms with Gasteiger partial charge in [0.1, 0.15) is 5.75 Å². The van der Waals surface area contributed by atoms with Crippen molar-refractivity contribution in [3.63, 3.8) is 0 Å². The van der Waals surface area contributed by atoms with Crippen LogP contribution in [0.3, 0.4) is 0 Å². The quantitative estimate of drug-likeness (QED) is 0.812. The second kappa shape index (κ2) is 8.87. The summed E-state index contributed by atoms with van der Waals surface area (Å²) >= 11 is 0. The third-order valence-electron chi connectivity index (χ3n) is 3.50. The van der Waals surface area contributed by atoms with Crippen molar-refractivity contribution in [2.24, 2.45) is 0 Å². The molecule has 5 heteroatoms. The van der Waals surface area contributed by atoms with Gasteiger partial charge < -0.3 is 15.4 Å². The lowest BCUT2D eigenvalue weighted by Gasteiger charge is -2.11. The van der Waals surface area contributed by atoms with Crippen LogP contribution in [-0.2, 0) is 11.2 Å². The van der Waals surface area contributed by atoms with E-state index in [1.165, 1.54) is 0 Å². The van der Waals surface area contributed by atoms with Crippen molar-refractivity contribution in [2.45, 2.75) is 33.2 Å².